The van der Waals surface area contributed by atoms with Crippen molar-refractivity contribution in [3.63, 3.8) is 0 Å². The van der Waals surface area contributed by atoms with Crippen LogP contribution in [0.25, 0.3) is 0 Å². The predicted molar refractivity (Wildman–Crippen MR) is 151 cm³/mol. The van der Waals surface area contributed by atoms with E-state index in [4.69, 9.17) is 9.47 Å². The van der Waals surface area contributed by atoms with Crippen molar-refractivity contribution in [1.82, 2.24) is 0 Å². The van der Waals surface area contributed by atoms with Crippen molar-refractivity contribution in [2.45, 2.75) is 48.3 Å². The first-order chi connectivity index (χ1) is 19.7. The molecule has 0 unspecified atom stereocenters. The molecule has 198 valence electrons. The summed E-state index contributed by atoms with van der Waals surface area (Å²) >= 11 is 0. The van der Waals surface area contributed by atoms with Gasteiger partial charge < -0.3 is 9.47 Å². The lowest BCUT2D eigenvalue weighted by Crippen LogP contribution is -2.62. The first kappa shape index (κ1) is 23.7. The zero-order valence-electron chi connectivity index (χ0n) is 22.3. The number of benzene rings is 4. The van der Waals surface area contributed by atoms with Crippen molar-refractivity contribution in [1.29, 1.82) is 0 Å². The number of hydrogen-bond acceptors (Lipinski definition) is 4. The Morgan fingerprint density at radius 1 is 0.475 bits per heavy atom. The molecule has 4 bridgehead atoms. The van der Waals surface area contributed by atoms with E-state index in [0.717, 1.165) is 22.3 Å². The van der Waals surface area contributed by atoms with Crippen LogP contribution in [-0.2, 0) is 29.9 Å². The van der Waals surface area contributed by atoms with Crippen molar-refractivity contribution in [3.8, 4) is 0 Å². The maximum Gasteiger partial charge on any atom is 0.305 e. The molecule has 0 radical (unpaired) electrons. The molecule has 4 heteroatoms. The van der Waals surface area contributed by atoms with Gasteiger partial charge in [0.05, 0.1) is 10.8 Å². The lowest BCUT2D eigenvalue weighted by Gasteiger charge is -2.61. The van der Waals surface area contributed by atoms with Crippen molar-refractivity contribution in [2.24, 2.45) is 0 Å². The van der Waals surface area contributed by atoms with Crippen molar-refractivity contribution >= 4 is 11.9 Å². The average Bonchev–Trinajstić information content (AvgIpc) is 2.99. The molecule has 1 heterocycles. The number of esters is 2. The minimum atomic E-state index is -0.816. The molecular formula is C36H30O4. The van der Waals surface area contributed by atoms with Crippen LogP contribution in [0.15, 0.2) is 97.1 Å². The van der Waals surface area contributed by atoms with E-state index < -0.39 is 10.8 Å². The lowest BCUT2D eigenvalue weighted by atomic mass is 9.41. The van der Waals surface area contributed by atoms with Crippen LogP contribution < -0.4 is 0 Å². The minimum absolute atomic E-state index is 0.0956. The average molecular weight is 527 g/mol. The molecule has 0 amide bonds. The Balaban J connectivity index is 1.58. The summed E-state index contributed by atoms with van der Waals surface area (Å²) in [6, 6.07) is 34.7. The second-order valence-corrected chi connectivity index (χ2v) is 11.6. The number of rotatable bonds is 0. The zero-order valence-corrected chi connectivity index (χ0v) is 22.3. The number of ether oxygens (including phenoxy) is 2. The monoisotopic (exact) mass is 526 g/mol. The molecule has 2 spiro atoms. The highest BCUT2D eigenvalue weighted by Crippen LogP contribution is 2.68. The smallest absolute Gasteiger partial charge is 0.305 e. The van der Waals surface area contributed by atoms with Gasteiger partial charge in [-0.05, 0) is 57.3 Å². The number of cyclic esters (lactones) is 2. The molecule has 1 fully saturated rings. The molecule has 1 saturated heterocycles. The molecule has 11 rings (SSSR count). The van der Waals surface area contributed by atoms with Crippen LogP contribution in [0.3, 0.4) is 0 Å². The summed E-state index contributed by atoms with van der Waals surface area (Å²) in [4.78, 5) is 26.5. The van der Waals surface area contributed by atoms with Crippen molar-refractivity contribution in [2.75, 3.05) is 13.2 Å². The second-order valence-electron chi connectivity index (χ2n) is 11.6. The Morgan fingerprint density at radius 2 is 0.775 bits per heavy atom. The largest absolute Gasteiger partial charge is 0.464 e. The summed E-state index contributed by atoms with van der Waals surface area (Å²) in [6.45, 7) is 0.328. The van der Waals surface area contributed by atoms with Crippen LogP contribution in [-0.4, -0.2) is 25.2 Å². The molecule has 0 N–H and O–H groups in total. The standard InChI is InChI=1S/C36H30O4/c37-31-19-9-10-20-32(38)40-22-36-29-17-7-3-13-25(29)34(26-14-4-8-18-30(26)36)33-23-11-1-5-15-27(23)35(36,21-39-31)28-16-6-2-12-24(28)33/h1-8,11-18,33-34H,9-10,19-22H2. The molecule has 1 aliphatic heterocycles. The lowest BCUT2D eigenvalue weighted by molar-refractivity contribution is -0.151. The Kier molecular flexibility index (Phi) is 5.13. The molecule has 0 aromatic heterocycles. The molecule has 6 aliphatic carbocycles. The normalized spacial score (nSPS) is 28.1. The third kappa shape index (κ3) is 2.91. The highest BCUT2D eigenvalue weighted by molar-refractivity contribution is 5.76. The quantitative estimate of drug-likeness (QED) is 0.245. The maximum atomic E-state index is 13.3. The van der Waals surface area contributed by atoms with Crippen LogP contribution in [0, 0.1) is 0 Å². The minimum Gasteiger partial charge on any atom is -0.464 e. The van der Waals surface area contributed by atoms with E-state index in [0.29, 0.717) is 12.8 Å². The van der Waals surface area contributed by atoms with Gasteiger partial charge in [0.2, 0.25) is 0 Å². The van der Waals surface area contributed by atoms with Gasteiger partial charge in [-0.2, -0.15) is 0 Å². The second kappa shape index (κ2) is 8.66. The van der Waals surface area contributed by atoms with E-state index >= 15 is 0 Å². The summed E-state index contributed by atoms with van der Waals surface area (Å²) in [5.74, 6) is -0.239. The van der Waals surface area contributed by atoms with Gasteiger partial charge in [0.25, 0.3) is 0 Å². The van der Waals surface area contributed by atoms with Gasteiger partial charge in [-0.15, -0.1) is 0 Å². The van der Waals surface area contributed by atoms with Gasteiger partial charge in [0.15, 0.2) is 0 Å². The van der Waals surface area contributed by atoms with Crippen LogP contribution in [0.1, 0.15) is 82.0 Å². The molecule has 0 saturated carbocycles. The summed E-state index contributed by atoms with van der Waals surface area (Å²) in [6.07, 6.45) is 1.79. The highest BCUT2D eigenvalue weighted by Gasteiger charge is 2.66. The molecule has 4 aromatic rings. The first-order valence-corrected chi connectivity index (χ1v) is 14.4. The Bertz CT molecular complexity index is 1460. The summed E-state index contributed by atoms with van der Waals surface area (Å²) < 4.78 is 12.7. The number of carbonyl (C=O) groups is 2. The maximum absolute atomic E-state index is 13.3. The summed E-state index contributed by atoms with van der Waals surface area (Å²) in [5.41, 5.74) is 8.04. The summed E-state index contributed by atoms with van der Waals surface area (Å²) in [7, 11) is 0. The van der Waals surface area contributed by atoms with Crippen molar-refractivity contribution < 1.29 is 19.1 Å². The topological polar surface area (TPSA) is 52.6 Å². The van der Waals surface area contributed by atoms with E-state index in [-0.39, 0.29) is 49.8 Å². The number of carbonyl (C=O) groups excluding carboxylic acids is 2. The van der Waals surface area contributed by atoms with Crippen LogP contribution in [0.4, 0.5) is 0 Å². The predicted octanol–water partition coefficient (Wildman–Crippen LogP) is 6.52. The van der Waals surface area contributed by atoms with Gasteiger partial charge in [-0.3, -0.25) is 9.59 Å². The van der Waals surface area contributed by atoms with Crippen molar-refractivity contribution in [3.05, 3.63) is 142 Å². The van der Waals surface area contributed by atoms with Gasteiger partial charge in [-0.1, -0.05) is 97.1 Å². The first-order valence-electron chi connectivity index (χ1n) is 14.4. The highest BCUT2D eigenvalue weighted by atomic mass is 16.5. The zero-order chi connectivity index (χ0) is 26.9. The van der Waals surface area contributed by atoms with E-state index in [9.17, 15) is 9.59 Å². The SMILES string of the molecule is O=C1CCCCC(=O)OCC23c4ccccc4C(c4ccccc42)C2c4ccccc4C3(CO1)c1ccccc12. The van der Waals surface area contributed by atoms with E-state index in [2.05, 4.69) is 97.1 Å². The molecule has 4 nitrogen and oxygen atoms in total. The van der Waals surface area contributed by atoms with Gasteiger partial charge in [-0.25, -0.2) is 0 Å². The fourth-order valence-corrected chi connectivity index (χ4v) is 8.51. The van der Waals surface area contributed by atoms with Crippen LogP contribution >= 0.6 is 0 Å². The third-order valence-electron chi connectivity index (χ3n) is 10.00. The van der Waals surface area contributed by atoms with E-state index in [1.54, 1.807) is 0 Å². The molecular weight excluding hydrogens is 496 g/mol. The van der Waals surface area contributed by atoms with Crippen LogP contribution in [0.2, 0.25) is 0 Å². The Labute approximate surface area is 234 Å². The molecule has 7 aliphatic rings. The summed E-state index contributed by atoms with van der Waals surface area (Å²) in [5, 5.41) is 0. The van der Waals surface area contributed by atoms with E-state index in [1.807, 2.05) is 0 Å². The van der Waals surface area contributed by atoms with E-state index in [1.165, 1.54) is 22.3 Å². The number of hydrogen-bond donors (Lipinski definition) is 0. The Morgan fingerprint density at radius 3 is 1.10 bits per heavy atom. The third-order valence-corrected chi connectivity index (χ3v) is 10.00. The molecule has 40 heavy (non-hydrogen) atoms. The fraction of sp³-hybridized carbons (Fsp3) is 0.278. The molecule has 0 atom stereocenters. The fourth-order valence-electron chi connectivity index (χ4n) is 8.51. The van der Waals surface area contributed by atoms with Gasteiger partial charge in [0, 0.05) is 24.7 Å². The Hall–Kier alpha value is -4.18. The van der Waals surface area contributed by atoms with Crippen LogP contribution in [0.5, 0.6) is 0 Å². The van der Waals surface area contributed by atoms with Gasteiger partial charge >= 0.3 is 11.9 Å². The molecule has 4 aromatic carbocycles. The van der Waals surface area contributed by atoms with Gasteiger partial charge in [0.1, 0.15) is 13.2 Å².